The number of benzene rings is 1. The molecule has 2 heterocycles. The third-order valence-electron chi connectivity index (χ3n) is 3.17. The summed E-state index contributed by atoms with van der Waals surface area (Å²) < 4.78 is 0. The van der Waals surface area contributed by atoms with Gasteiger partial charge in [0.25, 0.3) is 0 Å². The van der Waals surface area contributed by atoms with E-state index in [2.05, 4.69) is 33.6 Å². The Kier molecular flexibility index (Phi) is 2.21. The zero-order valence-electron chi connectivity index (χ0n) is 9.55. The number of hydrazone groups is 1. The summed E-state index contributed by atoms with van der Waals surface area (Å²) in [4.78, 5) is 12.8. The highest BCUT2D eigenvalue weighted by atomic mass is 16.1. The van der Waals surface area contributed by atoms with Gasteiger partial charge in [0.15, 0.2) is 0 Å². The van der Waals surface area contributed by atoms with E-state index in [1.165, 1.54) is 0 Å². The summed E-state index contributed by atoms with van der Waals surface area (Å²) in [6, 6.07) is 6.04. The zero-order valence-corrected chi connectivity index (χ0v) is 9.55. The Morgan fingerprint density at radius 2 is 2.41 bits per heavy atom. The number of rotatable bonds is 2. The number of hydrogen-bond acceptors (Lipinski definition) is 4. The van der Waals surface area contributed by atoms with Crippen LogP contribution in [0.5, 0.6) is 0 Å². The highest BCUT2D eigenvalue weighted by Crippen LogP contribution is 2.32. The summed E-state index contributed by atoms with van der Waals surface area (Å²) in [5.74, 6) is 0.948. The lowest BCUT2D eigenvalue weighted by atomic mass is 9.98. The second kappa shape index (κ2) is 3.73. The van der Waals surface area contributed by atoms with Crippen LogP contribution in [-0.2, 0) is 11.2 Å². The molecule has 17 heavy (non-hydrogen) atoms. The first-order valence-corrected chi connectivity index (χ1v) is 5.64. The number of nitrogens with one attached hydrogen (secondary N) is 1. The van der Waals surface area contributed by atoms with Crippen LogP contribution in [0.2, 0.25) is 0 Å². The lowest BCUT2D eigenvalue weighted by Crippen LogP contribution is -2.40. The number of aldehydes is 1. The normalized spacial score (nSPS) is 20.4. The molecule has 3 rings (SSSR count). The number of hydrogen-bond donors (Lipinski definition) is 1. The van der Waals surface area contributed by atoms with Gasteiger partial charge in [-0.3, -0.25) is 5.43 Å². The van der Waals surface area contributed by atoms with Gasteiger partial charge < -0.3 is 9.69 Å². The van der Waals surface area contributed by atoms with Crippen molar-refractivity contribution in [3.63, 3.8) is 0 Å². The molecule has 0 aliphatic carbocycles. The molecule has 0 radical (unpaired) electrons. The summed E-state index contributed by atoms with van der Waals surface area (Å²) in [6.45, 7) is 1.97. The Balaban J connectivity index is 2.13. The van der Waals surface area contributed by atoms with Crippen molar-refractivity contribution in [1.29, 1.82) is 0 Å². The van der Waals surface area contributed by atoms with Crippen molar-refractivity contribution in [2.24, 2.45) is 5.10 Å². The lowest BCUT2D eigenvalue weighted by molar-refractivity contribution is -0.107. The maximum absolute atomic E-state index is 10.7. The van der Waals surface area contributed by atoms with Crippen LogP contribution in [0.1, 0.15) is 18.1 Å². The maximum Gasteiger partial charge on any atom is 0.140 e. The predicted molar refractivity (Wildman–Crippen MR) is 67.8 cm³/mol. The van der Waals surface area contributed by atoms with E-state index in [9.17, 15) is 4.79 Å². The first kappa shape index (κ1) is 10.1. The first-order chi connectivity index (χ1) is 8.31. The molecule has 0 aromatic heterocycles. The lowest BCUT2D eigenvalue weighted by Gasteiger charge is -2.29. The smallest absolute Gasteiger partial charge is 0.140 e. The van der Waals surface area contributed by atoms with Crippen LogP contribution in [0.25, 0.3) is 6.08 Å². The van der Waals surface area contributed by atoms with Crippen LogP contribution in [0, 0.1) is 0 Å². The van der Waals surface area contributed by atoms with Crippen molar-refractivity contribution in [2.75, 3.05) is 4.90 Å². The van der Waals surface area contributed by atoms with Gasteiger partial charge in [0, 0.05) is 12.0 Å². The standard InChI is InChI=1S/C13H13N3O/c1-9-14-15-13-6-5-11-10(7-8-17)3-2-4-12(11)16(9)13/h2-6,8,13,15H,7H2,1H3. The van der Waals surface area contributed by atoms with Crippen molar-refractivity contribution < 1.29 is 4.79 Å². The topological polar surface area (TPSA) is 44.7 Å². The fraction of sp³-hybridized carbons (Fsp3) is 0.231. The van der Waals surface area contributed by atoms with E-state index in [4.69, 9.17) is 0 Å². The molecule has 1 N–H and O–H groups in total. The average Bonchev–Trinajstić information content (AvgIpc) is 2.72. The van der Waals surface area contributed by atoms with E-state index in [0.29, 0.717) is 6.42 Å². The van der Waals surface area contributed by atoms with Crippen molar-refractivity contribution in [2.45, 2.75) is 19.5 Å². The maximum atomic E-state index is 10.7. The van der Waals surface area contributed by atoms with Crippen molar-refractivity contribution in [1.82, 2.24) is 5.43 Å². The van der Waals surface area contributed by atoms with Gasteiger partial charge in [0.2, 0.25) is 0 Å². The summed E-state index contributed by atoms with van der Waals surface area (Å²) in [5.41, 5.74) is 6.35. The molecule has 1 unspecified atom stereocenters. The molecule has 1 aromatic rings. The minimum atomic E-state index is 0.106. The molecule has 1 atom stereocenters. The van der Waals surface area contributed by atoms with Gasteiger partial charge in [-0.2, -0.15) is 5.10 Å². The molecule has 0 spiro atoms. The Morgan fingerprint density at radius 3 is 3.24 bits per heavy atom. The predicted octanol–water partition coefficient (Wildman–Crippen LogP) is 1.52. The molecule has 0 amide bonds. The second-order valence-corrected chi connectivity index (χ2v) is 4.18. The van der Waals surface area contributed by atoms with Crippen molar-refractivity contribution >= 4 is 23.9 Å². The molecule has 2 aliphatic heterocycles. The SMILES string of the molecule is CC1=NNC2C=Cc3c(CC=O)cccc3N12. The van der Waals surface area contributed by atoms with E-state index < -0.39 is 0 Å². The number of carbonyl (C=O) groups excluding carboxylic acids is 1. The third-order valence-corrected chi connectivity index (χ3v) is 3.17. The minimum Gasteiger partial charge on any atom is -0.303 e. The van der Waals surface area contributed by atoms with Crippen LogP contribution in [-0.4, -0.2) is 18.3 Å². The molecule has 4 nitrogen and oxygen atoms in total. The van der Waals surface area contributed by atoms with Crippen LogP contribution in [0.4, 0.5) is 5.69 Å². The molecular weight excluding hydrogens is 214 g/mol. The van der Waals surface area contributed by atoms with Crippen LogP contribution in [0.3, 0.4) is 0 Å². The number of nitrogens with zero attached hydrogens (tertiary/aromatic N) is 2. The Hall–Kier alpha value is -2.10. The number of anilines is 1. The van der Waals surface area contributed by atoms with Gasteiger partial charge in [0.1, 0.15) is 18.3 Å². The van der Waals surface area contributed by atoms with Gasteiger partial charge in [0.05, 0.1) is 5.69 Å². The highest BCUT2D eigenvalue weighted by Gasteiger charge is 2.29. The largest absolute Gasteiger partial charge is 0.303 e. The van der Waals surface area contributed by atoms with E-state index in [0.717, 1.165) is 28.9 Å². The summed E-state index contributed by atoms with van der Waals surface area (Å²) in [6.07, 6.45) is 5.63. The second-order valence-electron chi connectivity index (χ2n) is 4.18. The first-order valence-electron chi connectivity index (χ1n) is 5.64. The highest BCUT2D eigenvalue weighted by molar-refractivity contribution is 6.01. The monoisotopic (exact) mass is 227 g/mol. The quantitative estimate of drug-likeness (QED) is 0.779. The summed E-state index contributed by atoms with van der Waals surface area (Å²) in [7, 11) is 0. The van der Waals surface area contributed by atoms with Crippen molar-refractivity contribution in [3.8, 4) is 0 Å². The fourth-order valence-electron chi connectivity index (χ4n) is 2.38. The van der Waals surface area contributed by atoms with Gasteiger partial charge in [-0.05, 0) is 24.6 Å². The number of amidine groups is 1. The fourth-order valence-corrected chi connectivity index (χ4v) is 2.38. The summed E-state index contributed by atoms with van der Waals surface area (Å²) >= 11 is 0. The van der Waals surface area contributed by atoms with Crippen LogP contribution in [0.15, 0.2) is 29.4 Å². The molecule has 0 bridgehead atoms. The Labute approximate surface area is 99.6 Å². The molecule has 1 aromatic carbocycles. The molecule has 2 aliphatic rings. The molecule has 0 fully saturated rings. The molecule has 0 saturated carbocycles. The van der Waals surface area contributed by atoms with E-state index in [-0.39, 0.29) is 6.17 Å². The molecule has 4 heteroatoms. The number of fused-ring (bicyclic) bond motifs is 3. The van der Waals surface area contributed by atoms with E-state index in [1.54, 1.807) is 0 Å². The third kappa shape index (κ3) is 1.45. The molecule has 0 saturated heterocycles. The molecular formula is C13H13N3O. The van der Waals surface area contributed by atoms with E-state index in [1.807, 2.05) is 19.1 Å². The average molecular weight is 227 g/mol. The number of carbonyl (C=O) groups is 1. The Morgan fingerprint density at radius 1 is 1.53 bits per heavy atom. The van der Waals surface area contributed by atoms with Crippen LogP contribution < -0.4 is 10.3 Å². The Bertz CT molecular complexity index is 533. The molecule has 86 valence electrons. The minimum absolute atomic E-state index is 0.106. The van der Waals surface area contributed by atoms with E-state index >= 15 is 0 Å². The van der Waals surface area contributed by atoms with Gasteiger partial charge >= 0.3 is 0 Å². The van der Waals surface area contributed by atoms with Crippen molar-refractivity contribution in [3.05, 3.63) is 35.4 Å². The van der Waals surface area contributed by atoms with Gasteiger partial charge in [-0.15, -0.1) is 0 Å². The van der Waals surface area contributed by atoms with Crippen LogP contribution >= 0.6 is 0 Å². The zero-order chi connectivity index (χ0) is 11.8. The summed E-state index contributed by atoms with van der Waals surface area (Å²) in [5, 5.41) is 4.23. The van der Waals surface area contributed by atoms with Gasteiger partial charge in [-0.25, -0.2) is 0 Å². The van der Waals surface area contributed by atoms with Gasteiger partial charge in [-0.1, -0.05) is 18.2 Å².